The highest BCUT2D eigenvalue weighted by molar-refractivity contribution is 5.96. The second kappa shape index (κ2) is 8.50. The number of piperidine rings is 1. The summed E-state index contributed by atoms with van der Waals surface area (Å²) in [7, 11) is 0. The van der Waals surface area contributed by atoms with Gasteiger partial charge in [0.15, 0.2) is 0 Å². The van der Waals surface area contributed by atoms with Crippen LogP contribution < -0.4 is 5.32 Å². The molecule has 1 N–H and O–H groups in total. The molecule has 0 radical (unpaired) electrons. The lowest BCUT2D eigenvalue weighted by Gasteiger charge is -2.39. The third kappa shape index (κ3) is 4.83. The van der Waals surface area contributed by atoms with Crippen LogP contribution in [0.25, 0.3) is 0 Å². The van der Waals surface area contributed by atoms with Gasteiger partial charge in [-0.25, -0.2) is 0 Å². The fraction of sp³-hybridized carbons (Fsp3) is 0.391. The molecule has 1 aliphatic rings. The number of aryl methyl sites for hydroxylation is 1. The van der Waals surface area contributed by atoms with Crippen molar-refractivity contribution in [2.45, 2.75) is 39.4 Å². The summed E-state index contributed by atoms with van der Waals surface area (Å²) < 4.78 is 39.9. The third-order valence-corrected chi connectivity index (χ3v) is 5.57. The summed E-state index contributed by atoms with van der Waals surface area (Å²) in [6, 6.07) is 12.6. The van der Waals surface area contributed by atoms with Gasteiger partial charge in [-0.3, -0.25) is 9.59 Å². The molecule has 1 heterocycles. The molecule has 1 fully saturated rings. The van der Waals surface area contributed by atoms with E-state index in [2.05, 4.69) is 5.32 Å². The van der Waals surface area contributed by atoms with Crippen molar-refractivity contribution in [3.8, 4) is 0 Å². The number of likely N-dealkylation sites (tertiary alicyclic amines) is 1. The third-order valence-electron chi connectivity index (χ3n) is 5.57. The number of amides is 2. The molecule has 0 spiro atoms. The monoisotopic (exact) mass is 418 g/mol. The normalized spacial score (nSPS) is 19.4. The molecule has 0 unspecified atom stereocenters. The minimum atomic E-state index is -4.61. The largest absolute Gasteiger partial charge is 0.417 e. The van der Waals surface area contributed by atoms with Crippen molar-refractivity contribution in [3.05, 3.63) is 70.8 Å². The summed E-state index contributed by atoms with van der Waals surface area (Å²) in [6.07, 6.45) is -3.50. The quantitative estimate of drug-likeness (QED) is 0.791. The molecule has 2 aromatic rings. The first kappa shape index (κ1) is 21.9. The fourth-order valence-corrected chi connectivity index (χ4v) is 3.79. The van der Waals surface area contributed by atoms with Gasteiger partial charge in [0.2, 0.25) is 5.91 Å². The Balaban J connectivity index is 1.71. The van der Waals surface area contributed by atoms with Gasteiger partial charge < -0.3 is 10.2 Å². The zero-order valence-electron chi connectivity index (χ0n) is 17.1. The molecule has 160 valence electrons. The Hall–Kier alpha value is -2.83. The standard InChI is InChI=1S/C23H25F3N2O2/c1-16-8-10-17(11-9-16)14-27-21(30)22(2)12-5-13-28(15-22)20(29)18-6-3-4-7-19(18)23(24,25)26/h3-4,6-11H,5,12-15H2,1-2H3,(H,27,30)/t22-/m0/s1. The number of halogens is 3. The maximum Gasteiger partial charge on any atom is 0.417 e. The zero-order valence-corrected chi connectivity index (χ0v) is 17.1. The van der Waals surface area contributed by atoms with Crippen molar-refractivity contribution < 1.29 is 22.8 Å². The predicted octanol–water partition coefficient (Wildman–Crippen LogP) is 4.57. The topological polar surface area (TPSA) is 49.4 Å². The van der Waals surface area contributed by atoms with E-state index in [-0.39, 0.29) is 18.0 Å². The van der Waals surface area contributed by atoms with Gasteiger partial charge in [-0.05, 0) is 44.4 Å². The number of benzene rings is 2. The SMILES string of the molecule is Cc1ccc(CNC(=O)[C@@]2(C)CCCN(C(=O)c3ccccc3C(F)(F)F)C2)cc1. The van der Waals surface area contributed by atoms with Gasteiger partial charge in [0.1, 0.15) is 0 Å². The van der Waals surface area contributed by atoms with Crippen LogP contribution in [0.1, 0.15) is 46.8 Å². The van der Waals surface area contributed by atoms with Crippen molar-refractivity contribution in [3.63, 3.8) is 0 Å². The molecule has 30 heavy (non-hydrogen) atoms. The summed E-state index contributed by atoms with van der Waals surface area (Å²) in [5, 5.41) is 2.91. The average Bonchev–Trinajstić information content (AvgIpc) is 2.72. The van der Waals surface area contributed by atoms with Crippen LogP contribution in [0.4, 0.5) is 13.2 Å². The lowest BCUT2D eigenvalue weighted by Crippen LogP contribution is -2.52. The number of nitrogens with one attached hydrogen (secondary N) is 1. The van der Waals surface area contributed by atoms with E-state index in [9.17, 15) is 22.8 Å². The van der Waals surface area contributed by atoms with Crippen molar-refractivity contribution in [2.75, 3.05) is 13.1 Å². The predicted molar refractivity (Wildman–Crippen MR) is 108 cm³/mol. The van der Waals surface area contributed by atoms with E-state index in [0.29, 0.717) is 25.9 Å². The molecule has 2 aromatic carbocycles. The Labute approximate surface area is 174 Å². The number of hydrogen-bond acceptors (Lipinski definition) is 2. The average molecular weight is 418 g/mol. The molecule has 7 heteroatoms. The molecule has 0 aromatic heterocycles. The Morgan fingerprint density at radius 1 is 1.10 bits per heavy atom. The van der Waals surface area contributed by atoms with Crippen LogP contribution in [-0.4, -0.2) is 29.8 Å². The van der Waals surface area contributed by atoms with Gasteiger partial charge >= 0.3 is 6.18 Å². The van der Waals surface area contributed by atoms with E-state index in [1.807, 2.05) is 31.2 Å². The number of alkyl halides is 3. The molecule has 3 rings (SSSR count). The molecule has 0 bridgehead atoms. The Bertz CT molecular complexity index is 925. The molecular weight excluding hydrogens is 393 g/mol. The highest BCUT2D eigenvalue weighted by Crippen LogP contribution is 2.35. The fourth-order valence-electron chi connectivity index (χ4n) is 3.79. The highest BCUT2D eigenvalue weighted by Gasteiger charge is 2.41. The van der Waals surface area contributed by atoms with E-state index in [1.165, 1.54) is 23.1 Å². The zero-order chi connectivity index (χ0) is 21.9. The Kier molecular flexibility index (Phi) is 6.19. The first-order valence-corrected chi connectivity index (χ1v) is 9.89. The van der Waals surface area contributed by atoms with Crippen LogP contribution in [-0.2, 0) is 17.5 Å². The van der Waals surface area contributed by atoms with Crippen LogP contribution in [0.5, 0.6) is 0 Å². The second-order valence-electron chi connectivity index (χ2n) is 8.10. The van der Waals surface area contributed by atoms with Crippen LogP contribution >= 0.6 is 0 Å². The van der Waals surface area contributed by atoms with Crippen molar-refractivity contribution >= 4 is 11.8 Å². The van der Waals surface area contributed by atoms with Gasteiger partial charge in [-0.2, -0.15) is 13.2 Å². The van der Waals surface area contributed by atoms with Crippen molar-refractivity contribution in [2.24, 2.45) is 5.41 Å². The van der Waals surface area contributed by atoms with Crippen LogP contribution in [0.2, 0.25) is 0 Å². The maximum atomic E-state index is 13.3. The molecule has 1 saturated heterocycles. The smallest absolute Gasteiger partial charge is 0.351 e. The van der Waals surface area contributed by atoms with Crippen molar-refractivity contribution in [1.29, 1.82) is 0 Å². The number of hydrogen-bond donors (Lipinski definition) is 1. The summed E-state index contributed by atoms with van der Waals surface area (Å²) in [4.78, 5) is 27.1. The molecule has 1 atom stereocenters. The molecule has 2 amide bonds. The summed E-state index contributed by atoms with van der Waals surface area (Å²) in [5.74, 6) is -0.898. The summed E-state index contributed by atoms with van der Waals surface area (Å²) >= 11 is 0. The first-order valence-electron chi connectivity index (χ1n) is 9.89. The number of rotatable bonds is 4. The van der Waals surface area contributed by atoms with Crippen LogP contribution in [0.3, 0.4) is 0 Å². The van der Waals surface area contributed by atoms with Gasteiger partial charge in [0, 0.05) is 19.6 Å². The first-order chi connectivity index (χ1) is 14.1. The number of carbonyl (C=O) groups is 2. The Morgan fingerprint density at radius 2 is 1.77 bits per heavy atom. The number of carbonyl (C=O) groups excluding carboxylic acids is 2. The minimum Gasteiger partial charge on any atom is -0.351 e. The van der Waals surface area contributed by atoms with E-state index in [4.69, 9.17) is 0 Å². The molecule has 1 aliphatic heterocycles. The Morgan fingerprint density at radius 3 is 2.43 bits per heavy atom. The van der Waals surface area contributed by atoms with E-state index < -0.39 is 23.1 Å². The highest BCUT2D eigenvalue weighted by atomic mass is 19.4. The van der Waals surface area contributed by atoms with Gasteiger partial charge in [0.05, 0.1) is 16.5 Å². The van der Waals surface area contributed by atoms with Gasteiger partial charge in [-0.1, -0.05) is 42.0 Å². The van der Waals surface area contributed by atoms with E-state index in [1.54, 1.807) is 6.92 Å². The van der Waals surface area contributed by atoms with Crippen molar-refractivity contribution in [1.82, 2.24) is 10.2 Å². The van der Waals surface area contributed by atoms with E-state index >= 15 is 0 Å². The lowest BCUT2D eigenvalue weighted by atomic mass is 9.80. The molecule has 0 saturated carbocycles. The van der Waals surface area contributed by atoms with Crippen LogP contribution in [0.15, 0.2) is 48.5 Å². The molecule has 0 aliphatic carbocycles. The minimum absolute atomic E-state index is 0.0811. The van der Waals surface area contributed by atoms with Crippen LogP contribution in [0, 0.1) is 12.3 Å². The number of nitrogens with zero attached hydrogens (tertiary/aromatic N) is 1. The lowest BCUT2D eigenvalue weighted by molar-refractivity contribution is -0.138. The summed E-state index contributed by atoms with van der Waals surface area (Å²) in [6.45, 7) is 4.50. The molecule has 4 nitrogen and oxygen atoms in total. The molecular formula is C23H25F3N2O2. The summed E-state index contributed by atoms with van der Waals surface area (Å²) in [5.41, 5.74) is -0.107. The van der Waals surface area contributed by atoms with E-state index in [0.717, 1.165) is 17.2 Å². The second-order valence-corrected chi connectivity index (χ2v) is 8.10. The van der Waals surface area contributed by atoms with Gasteiger partial charge in [0.25, 0.3) is 5.91 Å². The van der Waals surface area contributed by atoms with Gasteiger partial charge in [-0.15, -0.1) is 0 Å². The maximum absolute atomic E-state index is 13.3.